The number of carbonyl (C=O) groups is 1. The quantitative estimate of drug-likeness (QED) is 0.486. The van der Waals surface area contributed by atoms with Gasteiger partial charge < -0.3 is 19.6 Å². The summed E-state index contributed by atoms with van der Waals surface area (Å²) >= 11 is 0. The van der Waals surface area contributed by atoms with Gasteiger partial charge in [-0.2, -0.15) is 0 Å². The highest BCUT2D eigenvalue weighted by molar-refractivity contribution is 5.66. The van der Waals surface area contributed by atoms with Gasteiger partial charge in [0.15, 0.2) is 0 Å². The van der Waals surface area contributed by atoms with Crippen molar-refractivity contribution >= 4 is 5.97 Å². The van der Waals surface area contributed by atoms with Crippen LogP contribution >= 0.6 is 0 Å². The monoisotopic (exact) mass is 467 g/mol. The second-order valence-electron chi connectivity index (χ2n) is 11.0. The number of carbonyl (C=O) groups excluding carboxylic acids is 1. The number of benzene rings is 1. The largest absolute Gasteiger partial charge is 0.458 e. The molecular weight excluding hydrogens is 424 g/mol. The van der Waals surface area contributed by atoms with Gasteiger partial charge in [0.2, 0.25) is 0 Å². The summed E-state index contributed by atoms with van der Waals surface area (Å²) in [5.74, 6) is 0.887. The van der Waals surface area contributed by atoms with Crippen LogP contribution < -0.4 is 0 Å². The first kappa shape index (κ1) is 25.4. The summed E-state index contributed by atoms with van der Waals surface area (Å²) in [6.07, 6.45) is 6.98. The summed E-state index contributed by atoms with van der Waals surface area (Å²) in [7, 11) is 0. The Morgan fingerprint density at radius 1 is 1.15 bits per heavy atom. The normalized spacial score (nSPS) is 33.6. The molecule has 1 aromatic carbocycles. The number of esters is 1. The van der Waals surface area contributed by atoms with E-state index in [0.29, 0.717) is 11.8 Å². The zero-order chi connectivity index (χ0) is 24.3. The number of nitrogens with zero attached hydrogens (tertiary/aromatic N) is 2. The van der Waals surface area contributed by atoms with E-state index in [1.165, 1.54) is 12.5 Å². The molecule has 5 heteroatoms. The molecule has 0 aromatic heterocycles. The first-order valence-electron chi connectivity index (χ1n) is 13.2. The fourth-order valence-corrected chi connectivity index (χ4v) is 6.42. The van der Waals surface area contributed by atoms with Crippen LogP contribution in [0.3, 0.4) is 0 Å². The summed E-state index contributed by atoms with van der Waals surface area (Å²) in [5.41, 5.74) is 1.55. The molecule has 1 aliphatic heterocycles. The van der Waals surface area contributed by atoms with Crippen LogP contribution in [0.5, 0.6) is 0 Å². The summed E-state index contributed by atoms with van der Waals surface area (Å²) in [5, 5.41) is 11.8. The Morgan fingerprint density at radius 3 is 2.50 bits per heavy atom. The molecule has 2 aliphatic carbocycles. The zero-order valence-electron chi connectivity index (χ0n) is 21.5. The standard InChI is InChI=1S/C29H43N2O3/c1-21-18-27-26(11-10-23(3)29(27,33)19-28(21)34-24(4)32)22(2)20-31-16-14-30(15-17-31)13-12-25-8-6-5-7-9-25/h5-9,18-19,22-23,26-28,33H,10-17,20H2,1-4H3/t22?,23-,26+,27-,28-,29-/m1/s1. The number of rotatable bonds is 7. The molecule has 0 bridgehead atoms. The molecule has 1 radical (unpaired) electrons. The molecule has 1 aromatic rings. The summed E-state index contributed by atoms with van der Waals surface area (Å²) in [6, 6.07) is 10.8. The SMILES string of the molecule is CC(=O)O[C@@H]1[CH][C@@]2(O)[C@H](C)CC[C@@H](C(C)CN3CCN(CCc4ccccc4)CC3)[C@H]2C=C1C. The molecule has 1 heterocycles. The van der Waals surface area contributed by atoms with Crippen molar-refractivity contribution in [1.82, 2.24) is 9.80 Å². The van der Waals surface area contributed by atoms with Gasteiger partial charge in [0.25, 0.3) is 0 Å². The average molecular weight is 468 g/mol. The van der Waals surface area contributed by atoms with E-state index in [9.17, 15) is 9.90 Å². The van der Waals surface area contributed by atoms with E-state index in [0.717, 1.165) is 64.1 Å². The summed E-state index contributed by atoms with van der Waals surface area (Å²) in [4.78, 5) is 16.8. The molecule has 1 saturated heterocycles. The van der Waals surface area contributed by atoms with Gasteiger partial charge in [0.05, 0.1) is 5.60 Å². The van der Waals surface area contributed by atoms with Crippen molar-refractivity contribution in [3.63, 3.8) is 0 Å². The molecule has 1 saturated carbocycles. The van der Waals surface area contributed by atoms with Gasteiger partial charge in [0.1, 0.15) is 6.10 Å². The van der Waals surface area contributed by atoms with Gasteiger partial charge in [0, 0.05) is 58.5 Å². The maximum Gasteiger partial charge on any atom is 0.303 e. The Bertz CT molecular complexity index is 848. The van der Waals surface area contributed by atoms with E-state index in [1.54, 1.807) is 0 Å². The van der Waals surface area contributed by atoms with Crippen LogP contribution in [0.1, 0.15) is 46.1 Å². The van der Waals surface area contributed by atoms with Crippen molar-refractivity contribution in [3.05, 3.63) is 54.0 Å². The number of aliphatic hydroxyl groups is 1. The topological polar surface area (TPSA) is 53.0 Å². The highest BCUT2D eigenvalue weighted by Gasteiger charge is 2.53. The van der Waals surface area contributed by atoms with Gasteiger partial charge in [-0.1, -0.05) is 50.3 Å². The van der Waals surface area contributed by atoms with Crippen LogP contribution in [0, 0.1) is 30.1 Å². The predicted molar refractivity (Wildman–Crippen MR) is 136 cm³/mol. The van der Waals surface area contributed by atoms with Gasteiger partial charge in [-0.25, -0.2) is 0 Å². The van der Waals surface area contributed by atoms with E-state index in [-0.39, 0.29) is 17.8 Å². The van der Waals surface area contributed by atoms with Crippen LogP contribution in [0.15, 0.2) is 42.0 Å². The third kappa shape index (κ3) is 5.75. The number of hydrogen-bond acceptors (Lipinski definition) is 5. The van der Waals surface area contributed by atoms with Gasteiger partial charge >= 0.3 is 5.97 Å². The minimum Gasteiger partial charge on any atom is -0.458 e. The van der Waals surface area contributed by atoms with Crippen molar-refractivity contribution < 1.29 is 14.6 Å². The number of fused-ring (bicyclic) bond motifs is 1. The maximum atomic E-state index is 11.8. The summed E-state index contributed by atoms with van der Waals surface area (Å²) in [6.45, 7) is 14.7. The average Bonchev–Trinajstić information content (AvgIpc) is 2.81. The summed E-state index contributed by atoms with van der Waals surface area (Å²) < 4.78 is 5.51. The molecule has 2 fully saturated rings. The second kappa shape index (κ2) is 10.9. The Kier molecular flexibility index (Phi) is 8.16. The Labute approximate surface area is 206 Å². The van der Waals surface area contributed by atoms with E-state index < -0.39 is 11.7 Å². The van der Waals surface area contributed by atoms with Crippen LogP contribution in [-0.4, -0.2) is 71.8 Å². The zero-order valence-corrected chi connectivity index (χ0v) is 21.5. The van der Waals surface area contributed by atoms with Crippen LogP contribution in [-0.2, 0) is 16.0 Å². The second-order valence-corrected chi connectivity index (χ2v) is 11.0. The van der Waals surface area contributed by atoms with Gasteiger partial charge in [-0.3, -0.25) is 4.79 Å². The lowest BCUT2D eigenvalue weighted by atomic mass is 9.57. The molecule has 5 nitrogen and oxygen atoms in total. The van der Waals surface area contributed by atoms with Crippen molar-refractivity contribution in [2.45, 2.75) is 58.7 Å². The molecule has 4 rings (SSSR count). The van der Waals surface area contributed by atoms with E-state index >= 15 is 0 Å². The Morgan fingerprint density at radius 2 is 1.82 bits per heavy atom. The minimum atomic E-state index is -0.910. The first-order chi connectivity index (χ1) is 16.3. The number of piperazine rings is 1. The predicted octanol–water partition coefficient (Wildman–Crippen LogP) is 3.97. The van der Waals surface area contributed by atoms with Gasteiger partial charge in [-0.05, 0) is 55.1 Å². The molecule has 1 unspecified atom stereocenters. The Hall–Kier alpha value is -1.69. The van der Waals surface area contributed by atoms with Crippen molar-refractivity contribution in [1.29, 1.82) is 0 Å². The van der Waals surface area contributed by atoms with Gasteiger partial charge in [-0.15, -0.1) is 0 Å². The lowest BCUT2D eigenvalue weighted by molar-refractivity contribution is -0.148. The molecule has 6 atom stereocenters. The fraction of sp³-hybridized carbons (Fsp3) is 0.655. The van der Waals surface area contributed by atoms with Crippen molar-refractivity contribution in [2.75, 3.05) is 39.3 Å². The molecule has 0 amide bonds. The molecule has 34 heavy (non-hydrogen) atoms. The molecule has 0 spiro atoms. The lowest BCUT2D eigenvalue weighted by Crippen LogP contribution is -2.57. The smallest absolute Gasteiger partial charge is 0.303 e. The molecule has 3 aliphatic rings. The van der Waals surface area contributed by atoms with Crippen LogP contribution in [0.2, 0.25) is 0 Å². The Balaban J connectivity index is 1.33. The molecule has 187 valence electrons. The number of hydrogen-bond donors (Lipinski definition) is 1. The number of ether oxygens (including phenoxy) is 1. The van der Waals surface area contributed by atoms with E-state index in [1.807, 2.05) is 13.3 Å². The highest BCUT2D eigenvalue weighted by Crippen LogP contribution is 2.50. The van der Waals surface area contributed by atoms with E-state index in [2.05, 4.69) is 60.1 Å². The van der Waals surface area contributed by atoms with Crippen LogP contribution in [0.25, 0.3) is 0 Å². The highest BCUT2D eigenvalue weighted by atomic mass is 16.5. The molecular formula is C29H43N2O3. The lowest BCUT2D eigenvalue weighted by Gasteiger charge is -2.53. The van der Waals surface area contributed by atoms with Crippen molar-refractivity contribution in [2.24, 2.45) is 23.7 Å². The third-order valence-corrected chi connectivity index (χ3v) is 8.62. The van der Waals surface area contributed by atoms with Crippen molar-refractivity contribution in [3.8, 4) is 0 Å². The fourth-order valence-electron chi connectivity index (χ4n) is 6.42. The maximum absolute atomic E-state index is 11.8. The minimum absolute atomic E-state index is 0.0882. The van der Waals surface area contributed by atoms with Crippen LogP contribution in [0.4, 0.5) is 0 Å². The molecule has 1 N–H and O–H groups in total. The third-order valence-electron chi connectivity index (χ3n) is 8.62. The first-order valence-corrected chi connectivity index (χ1v) is 13.2. The van der Waals surface area contributed by atoms with E-state index in [4.69, 9.17) is 4.74 Å².